The van der Waals surface area contributed by atoms with Gasteiger partial charge in [0.2, 0.25) is 0 Å². The van der Waals surface area contributed by atoms with Crippen LogP contribution in [0.5, 0.6) is 0 Å². The van der Waals surface area contributed by atoms with Crippen molar-refractivity contribution in [3.05, 3.63) is 29.7 Å². The molecule has 0 saturated heterocycles. The highest BCUT2D eigenvalue weighted by Crippen LogP contribution is 2.13. The van der Waals surface area contributed by atoms with Gasteiger partial charge in [-0.2, -0.15) is 5.26 Å². The third-order valence-corrected chi connectivity index (χ3v) is 1.57. The maximum absolute atomic E-state index is 11.6. The lowest BCUT2D eigenvalue weighted by Crippen LogP contribution is -2.24. The minimum Gasteiger partial charge on any atom is -0.465 e. The van der Waals surface area contributed by atoms with E-state index in [-0.39, 0.29) is 5.57 Å². The maximum atomic E-state index is 11.6. The summed E-state index contributed by atoms with van der Waals surface area (Å²) in [7, 11) is 0. The summed E-state index contributed by atoms with van der Waals surface area (Å²) >= 11 is 0. The van der Waals surface area contributed by atoms with E-state index in [1.807, 2.05) is 0 Å². The molecule has 0 aliphatic heterocycles. The van der Waals surface area contributed by atoms with E-state index in [2.05, 4.69) is 0 Å². The van der Waals surface area contributed by atoms with Crippen molar-refractivity contribution in [2.24, 2.45) is 0 Å². The number of esters is 1. The number of ether oxygens (including phenoxy) is 1. The van der Waals surface area contributed by atoms with Gasteiger partial charge < -0.3 is 9.15 Å². The van der Waals surface area contributed by atoms with Crippen molar-refractivity contribution in [3.8, 4) is 6.07 Å². The first-order chi connectivity index (χ1) is 7.42. The van der Waals surface area contributed by atoms with Gasteiger partial charge in [-0.05, 0) is 32.9 Å². The van der Waals surface area contributed by atoms with Gasteiger partial charge in [0.05, 0.1) is 6.26 Å². The second-order valence-corrected chi connectivity index (χ2v) is 4.19. The fraction of sp³-hybridized carbons (Fsp3) is 0.333. The molecule has 0 N–H and O–H groups in total. The van der Waals surface area contributed by atoms with Crippen molar-refractivity contribution >= 4 is 12.0 Å². The van der Waals surface area contributed by atoms with Gasteiger partial charge >= 0.3 is 5.97 Å². The van der Waals surface area contributed by atoms with E-state index >= 15 is 0 Å². The molecule has 4 nitrogen and oxygen atoms in total. The van der Waals surface area contributed by atoms with Gasteiger partial charge in [-0.15, -0.1) is 0 Å². The molecule has 0 radical (unpaired) electrons. The first-order valence-corrected chi connectivity index (χ1v) is 4.81. The van der Waals surface area contributed by atoms with Crippen LogP contribution in [0.2, 0.25) is 0 Å². The zero-order valence-corrected chi connectivity index (χ0v) is 9.48. The van der Waals surface area contributed by atoms with Gasteiger partial charge in [0.1, 0.15) is 23.0 Å². The topological polar surface area (TPSA) is 63.2 Å². The second-order valence-electron chi connectivity index (χ2n) is 4.19. The van der Waals surface area contributed by atoms with Gasteiger partial charge in [-0.1, -0.05) is 0 Å². The van der Waals surface area contributed by atoms with E-state index in [1.54, 1.807) is 39.0 Å². The Balaban J connectivity index is 2.85. The summed E-state index contributed by atoms with van der Waals surface area (Å²) in [5.74, 6) is -0.200. The van der Waals surface area contributed by atoms with E-state index in [0.717, 1.165) is 0 Å². The fourth-order valence-electron chi connectivity index (χ4n) is 0.986. The highest BCUT2D eigenvalue weighted by atomic mass is 16.6. The molecule has 0 spiro atoms. The van der Waals surface area contributed by atoms with E-state index in [0.29, 0.717) is 5.76 Å². The predicted octanol–water partition coefficient (Wildman–Crippen LogP) is 2.53. The Morgan fingerprint density at radius 2 is 2.25 bits per heavy atom. The van der Waals surface area contributed by atoms with E-state index in [4.69, 9.17) is 14.4 Å². The molecule has 0 aliphatic rings. The molecule has 1 aromatic rings. The van der Waals surface area contributed by atoms with Crippen molar-refractivity contribution in [1.29, 1.82) is 5.26 Å². The molecule has 1 rings (SSSR count). The van der Waals surface area contributed by atoms with Crippen LogP contribution in [0.25, 0.3) is 6.08 Å². The number of nitriles is 1. The minimum absolute atomic E-state index is 0.0788. The molecule has 16 heavy (non-hydrogen) atoms. The van der Waals surface area contributed by atoms with Gasteiger partial charge in [0, 0.05) is 6.08 Å². The van der Waals surface area contributed by atoms with E-state index in [9.17, 15) is 4.79 Å². The maximum Gasteiger partial charge on any atom is 0.349 e. The van der Waals surface area contributed by atoms with Crippen molar-refractivity contribution in [2.75, 3.05) is 0 Å². The highest BCUT2D eigenvalue weighted by Gasteiger charge is 2.19. The minimum atomic E-state index is -0.647. The Bertz CT molecular complexity index is 430. The predicted molar refractivity (Wildman–Crippen MR) is 58.1 cm³/mol. The van der Waals surface area contributed by atoms with Gasteiger partial charge in [-0.25, -0.2) is 4.79 Å². The normalized spacial score (nSPS) is 12.0. The van der Waals surface area contributed by atoms with Gasteiger partial charge in [0.15, 0.2) is 0 Å². The summed E-state index contributed by atoms with van der Waals surface area (Å²) < 4.78 is 10.1. The molecule has 0 fully saturated rings. The molecule has 0 aromatic carbocycles. The molecule has 1 heterocycles. The van der Waals surface area contributed by atoms with Crippen LogP contribution in [0.3, 0.4) is 0 Å². The molecule has 0 bridgehead atoms. The number of hydrogen-bond acceptors (Lipinski definition) is 4. The summed E-state index contributed by atoms with van der Waals surface area (Å²) in [6.45, 7) is 5.23. The molecule has 84 valence electrons. The largest absolute Gasteiger partial charge is 0.465 e. The summed E-state index contributed by atoms with van der Waals surface area (Å²) in [6, 6.07) is 5.12. The first-order valence-electron chi connectivity index (χ1n) is 4.81. The summed E-state index contributed by atoms with van der Waals surface area (Å²) in [4.78, 5) is 11.6. The number of carbonyl (C=O) groups excluding carboxylic acids is 1. The van der Waals surface area contributed by atoms with Crippen molar-refractivity contribution in [1.82, 2.24) is 0 Å². The fourth-order valence-corrected chi connectivity index (χ4v) is 0.986. The Hall–Kier alpha value is -2.02. The Morgan fingerprint density at radius 3 is 2.69 bits per heavy atom. The standard InChI is InChI=1S/C12H13NO3/c1-12(2,3)16-11(14)9(8-13)7-10-5-4-6-15-10/h4-7H,1-3H3/b9-7-. The average Bonchev–Trinajstić information content (AvgIpc) is 2.63. The van der Waals surface area contributed by atoms with Crippen LogP contribution in [0, 0.1) is 11.3 Å². The van der Waals surface area contributed by atoms with Crippen LogP contribution in [-0.4, -0.2) is 11.6 Å². The molecular weight excluding hydrogens is 206 g/mol. The molecule has 0 atom stereocenters. The number of nitrogens with zero attached hydrogens (tertiary/aromatic N) is 1. The first kappa shape index (κ1) is 12.1. The Morgan fingerprint density at radius 1 is 1.56 bits per heavy atom. The third-order valence-electron chi connectivity index (χ3n) is 1.57. The van der Waals surface area contributed by atoms with Crippen LogP contribution in [0.15, 0.2) is 28.4 Å². The van der Waals surface area contributed by atoms with E-state index in [1.165, 1.54) is 12.3 Å². The van der Waals surface area contributed by atoms with Crippen LogP contribution < -0.4 is 0 Å². The zero-order valence-electron chi connectivity index (χ0n) is 9.48. The molecule has 0 unspecified atom stereocenters. The number of rotatable bonds is 2. The highest BCUT2D eigenvalue weighted by molar-refractivity contribution is 5.97. The second kappa shape index (κ2) is 4.67. The van der Waals surface area contributed by atoms with Crippen LogP contribution in [0.1, 0.15) is 26.5 Å². The van der Waals surface area contributed by atoms with Crippen LogP contribution >= 0.6 is 0 Å². The quantitative estimate of drug-likeness (QED) is 0.435. The summed E-state index contributed by atoms with van der Waals surface area (Å²) in [6.07, 6.45) is 2.82. The molecule has 0 aliphatic carbocycles. The molecular formula is C12H13NO3. The lowest BCUT2D eigenvalue weighted by atomic mass is 10.2. The SMILES string of the molecule is CC(C)(C)OC(=O)/C(C#N)=C\c1ccco1. The monoisotopic (exact) mass is 219 g/mol. The molecule has 1 aromatic heterocycles. The lowest BCUT2D eigenvalue weighted by molar-refractivity contribution is -0.149. The van der Waals surface area contributed by atoms with Gasteiger partial charge in [-0.3, -0.25) is 0 Å². The smallest absolute Gasteiger partial charge is 0.349 e. The van der Waals surface area contributed by atoms with Gasteiger partial charge in [0.25, 0.3) is 0 Å². The van der Waals surface area contributed by atoms with E-state index < -0.39 is 11.6 Å². The zero-order chi connectivity index (χ0) is 12.2. The summed E-state index contributed by atoms with van der Waals surface area (Å²) in [5, 5.41) is 8.83. The Kier molecular flexibility index (Phi) is 3.51. The third kappa shape index (κ3) is 3.62. The van der Waals surface area contributed by atoms with Crippen molar-refractivity contribution in [3.63, 3.8) is 0 Å². The van der Waals surface area contributed by atoms with Crippen molar-refractivity contribution < 1.29 is 13.9 Å². The lowest BCUT2D eigenvalue weighted by Gasteiger charge is -2.18. The van der Waals surface area contributed by atoms with Crippen LogP contribution in [-0.2, 0) is 9.53 Å². The molecule has 4 heteroatoms. The number of carbonyl (C=O) groups is 1. The molecule has 0 amide bonds. The van der Waals surface area contributed by atoms with Crippen molar-refractivity contribution in [2.45, 2.75) is 26.4 Å². The Labute approximate surface area is 94.1 Å². The number of furan rings is 1. The molecule has 0 saturated carbocycles. The average molecular weight is 219 g/mol. The van der Waals surface area contributed by atoms with Crippen LogP contribution in [0.4, 0.5) is 0 Å². The summed E-state index contributed by atoms with van der Waals surface area (Å²) in [5.41, 5.74) is -0.694. The number of hydrogen-bond donors (Lipinski definition) is 0.